The van der Waals surface area contributed by atoms with E-state index in [9.17, 15) is 14.7 Å². The number of benzene rings is 1. The molecule has 2 amide bonds. The highest BCUT2D eigenvalue weighted by Gasteiger charge is 2.33. The van der Waals surface area contributed by atoms with Crippen molar-refractivity contribution in [2.75, 3.05) is 56.1 Å². The summed E-state index contributed by atoms with van der Waals surface area (Å²) in [6.45, 7) is 1.15. The average molecular weight is 502 g/mol. The summed E-state index contributed by atoms with van der Waals surface area (Å²) in [6.07, 6.45) is 1.37. The molecule has 0 aromatic heterocycles. The number of carbonyl (C=O) groups is 2. The molecule has 2 aliphatic rings. The van der Waals surface area contributed by atoms with Crippen molar-refractivity contribution in [1.82, 2.24) is 4.90 Å². The number of nitrogens with zero attached hydrogens (tertiary/aromatic N) is 3. The predicted octanol–water partition coefficient (Wildman–Crippen LogP) is 2.17. The molecular formula is C23H33F2N3O7. The molecule has 196 valence electrons. The van der Waals surface area contributed by atoms with Gasteiger partial charge in [0.1, 0.15) is 12.4 Å². The van der Waals surface area contributed by atoms with Crippen molar-refractivity contribution in [3.8, 4) is 0 Å². The van der Waals surface area contributed by atoms with E-state index in [-0.39, 0.29) is 38.1 Å². The van der Waals surface area contributed by atoms with Gasteiger partial charge in [0, 0.05) is 18.7 Å². The molecule has 2 unspecified atom stereocenters. The van der Waals surface area contributed by atoms with Crippen LogP contribution >= 0.6 is 0 Å². The molecule has 2 N–H and O–H groups in total. The molecule has 2 atom stereocenters. The Morgan fingerprint density at radius 2 is 2.06 bits per heavy atom. The fraction of sp³-hybridized carbons (Fsp3) is 0.652. The van der Waals surface area contributed by atoms with Crippen molar-refractivity contribution < 1.29 is 42.8 Å². The maximum Gasteiger partial charge on any atom is 0.414 e. The van der Waals surface area contributed by atoms with Crippen LogP contribution in [0.3, 0.4) is 0 Å². The van der Waals surface area contributed by atoms with Gasteiger partial charge in [-0.1, -0.05) is 13.3 Å². The van der Waals surface area contributed by atoms with Crippen LogP contribution in [0.15, 0.2) is 12.1 Å². The van der Waals surface area contributed by atoms with Gasteiger partial charge in [0.05, 0.1) is 44.8 Å². The molecule has 0 aliphatic carbocycles. The van der Waals surface area contributed by atoms with E-state index >= 15 is 8.78 Å². The summed E-state index contributed by atoms with van der Waals surface area (Å²) in [5, 5.41) is 19.0. The van der Waals surface area contributed by atoms with Crippen molar-refractivity contribution in [3.05, 3.63) is 23.8 Å². The van der Waals surface area contributed by atoms with E-state index in [1.807, 2.05) is 6.92 Å². The number of unbranched alkanes of at least 4 members (excludes halogenated alkanes) is 1. The van der Waals surface area contributed by atoms with Gasteiger partial charge in [-0.2, -0.15) is 0 Å². The van der Waals surface area contributed by atoms with Gasteiger partial charge in [-0.25, -0.2) is 13.6 Å². The minimum absolute atomic E-state index is 0.0578. The first kappa shape index (κ1) is 27.1. The van der Waals surface area contributed by atoms with E-state index in [0.29, 0.717) is 13.0 Å². The Hall–Kier alpha value is -2.54. The Kier molecular flexibility index (Phi) is 10.0. The van der Waals surface area contributed by atoms with Crippen molar-refractivity contribution in [3.63, 3.8) is 0 Å². The van der Waals surface area contributed by atoms with Crippen LogP contribution < -0.4 is 9.80 Å². The van der Waals surface area contributed by atoms with Gasteiger partial charge in [-0.3, -0.25) is 14.6 Å². The number of rotatable bonds is 11. The lowest BCUT2D eigenvalue weighted by molar-refractivity contribution is -0.184. The maximum atomic E-state index is 15.1. The molecule has 0 bridgehead atoms. The van der Waals surface area contributed by atoms with E-state index in [4.69, 9.17) is 19.3 Å². The Labute approximate surface area is 202 Å². The van der Waals surface area contributed by atoms with Crippen LogP contribution in [0.25, 0.3) is 0 Å². The third-order valence-electron chi connectivity index (χ3n) is 5.75. The topological polar surface area (TPSA) is 112 Å². The summed E-state index contributed by atoms with van der Waals surface area (Å²) in [6, 6.07) is 1.87. The first-order chi connectivity index (χ1) is 16.8. The van der Waals surface area contributed by atoms with Crippen molar-refractivity contribution in [1.29, 1.82) is 0 Å². The number of hydrogen-bond acceptors (Lipinski definition) is 8. The Morgan fingerprint density at radius 1 is 1.31 bits per heavy atom. The van der Waals surface area contributed by atoms with Crippen molar-refractivity contribution in [2.24, 2.45) is 0 Å². The third-order valence-corrected chi connectivity index (χ3v) is 5.75. The maximum absolute atomic E-state index is 15.1. The molecular weight excluding hydrogens is 468 g/mol. The van der Waals surface area contributed by atoms with Crippen molar-refractivity contribution >= 4 is 23.4 Å². The predicted molar refractivity (Wildman–Crippen MR) is 122 cm³/mol. The zero-order valence-corrected chi connectivity index (χ0v) is 19.8. The summed E-state index contributed by atoms with van der Waals surface area (Å²) in [5.41, 5.74) is -0.599. The molecule has 2 aliphatic heterocycles. The van der Waals surface area contributed by atoms with Crippen LogP contribution in [-0.2, 0) is 19.0 Å². The van der Waals surface area contributed by atoms with Gasteiger partial charge in [0.2, 0.25) is 5.91 Å². The molecule has 2 saturated heterocycles. The molecule has 10 nitrogen and oxygen atoms in total. The van der Waals surface area contributed by atoms with Crippen LogP contribution in [0.4, 0.5) is 25.0 Å². The number of halogens is 2. The monoisotopic (exact) mass is 501 g/mol. The number of amides is 2. The zero-order valence-electron chi connectivity index (χ0n) is 19.8. The molecule has 2 heterocycles. The first-order valence-electron chi connectivity index (χ1n) is 11.8. The largest absolute Gasteiger partial charge is 0.449 e. The summed E-state index contributed by atoms with van der Waals surface area (Å²) in [4.78, 5) is 28.3. The molecule has 35 heavy (non-hydrogen) atoms. The highest BCUT2D eigenvalue weighted by atomic mass is 19.1. The minimum atomic E-state index is -1.34. The second kappa shape index (κ2) is 13.0. The van der Waals surface area contributed by atoms with Gasteiger partial charge in [0.15, 0.2) is 17.9 Å². The van der Waals surface area contributed by atoms with Gasteiger partial charge < -0.3 is 29.3 Å². The van der Waals surface area contributed by atoms with Gasteiger partial charge in [-0.05, 0) is 25.7 Å². The van der Waals surface area contributed by atoms with E-state index in [2.05, 4.69) is 0 Å². The Morgan fingerprint density at radius 3 is 2.69 bits per heavy atom. The fourth-order valence-corrected chi connectivity index (χ4v) is 3.82. The quantitative estimate of drug-likeness (QED) is 0.444. The molecule has 1 aromatic rings. The normalized spacial score (nSPS) is 19.2. The lowest BCUT2D eigenvalue weighted by atomic mass is 10.2. The summed E-state index contributed by atoms with van der Waals surface area (Å²) < 4.78 is 46.4. The molecule has 0 radical (unpaired) electrons. The first-order valence-corrected chi connectivity index (χ1v) is 11.8. The Balaban J connectivity index is 1.72. The number of ether oxygens (including phenoxy) is 3. The summed E-state index contributed by atoms with van der Waals surface area (Å²) in [7, 11) is 0. The lowest BCUT2D eigenvalue weighted by Crippen LogP contribution is -2.39. The molecule has 0 spiro atoms. The summed E-state index contributed by atoms with van der Waals surface area (Å²) in [5.74, 6) is -2.33. The highest BCUT2D eigenvalue weighted by molar-refractivity contribution is 5.89. The third kappa shape index (κ3) is 7.23. The van der Waals surface area contributed by atoms with Crippen LogP contribution in [0.1, 0.15) is 39.0 Å². The minimum Gasteiger partial charge on any atom is -0.449 e. The van der Waals surface area contributed by atoms with E-state index < -0.39 is 49.0 Å². The molecule has 12 heteroatoms. The van der Waals surface area contributed by atoms with E-state index in [0.717, 1.165) is 42.7 Å². The number of carbonyl (C=O) groups excluding carboxylic acids is 2. The second-order valence-corrected chi connectivity index (χ2v) is 8.54. The van der Waals surface area contributed by atoms with Crippen molar-refractivity contribution in [2.45, 2.75) is 51.4 Å². The van der Waals surface area contributed by atoms with Gasteiger partial charge in [-0.15, -0.1) is 0 Å². The smallest absolute Gasteiger partial charge is 0.414 e. The second-order valence-electron chi connectivity index (χ2n) is 8.54. The number of aliphatic hydroxyl groups excluding tert-OH is 2. The number of aliphatic hydroxyl groups is 2. The summed E-state index contributed by atoms with van der Waals surface area (Å²) >= 11 is 0. The fourth-order valence-electron chi connectivity index (χ4n) is 3.82. The number of hydrogen-bond donors (Lipinski definition) is 2. The van der Waals surface area contributed by atoms with Crippen LogP contribution in [0, 0.1) is 11.6 Å². The standard InChI is InChI=1S/C23H33F2N3O7/c1-2-3-7-34-23(32)28(11-17(30)13-29)16-9-18(24)22(19(25)10-16)26-12-20(31)27(14-26)15-35-21-6-4-5-8-33-21/h9-10,17,21,29-30H,2-8,11-15H2,1H3. The molecule has 1 aromatic carbocycles. The molecule has 3 rings (SSSR count). The van der Waals surface area contributed by atoms with Gasteiger partial charge in [0.25, 0.3) is 0 Å². The number of anilines is 2. The van der Waals surface area contributed by atoms with Crippen LogP contribution in [0.5, 0.6) is 0 Å². The molecule has 0 saturated carbocycles. The molecule has 2 fully saturated rings. The van der Waals surface area contributed by atoms with Gasteiger partial charge >= 0.3 is 6.09 Å². The average Bonchev–Trinajstić information content (AvgIpc) is 3.20. The van der Waals surface area contributed by atoms with Crippen LogP contribution in [0.2, 0.25) is 0 Å². The van der Waals surface area contributed by atoms with E-state index in [1.54, 1.807) is 0 Å². The Bertz CT molecular complexity index is 847. The van der Waals surface area contributed by atoms with Crippen LogP contribution in [-0.4, -0.2) is 85.8 Å². The van der Waals surface area contributed by atoms with E-state index in [1.165, 1.54) is 9.80 Å². The SMILES string of the molecule is CCCCOC(=O)N(CC(O)CO)c1cc(F)c(N2CC(=O)N(COC3CCCCO3)C2)c(F)c1. The zero-order chi connectivity index (χ0) is 25.4. The highest BCUT2D eigenvalue weighted by Crippen LogP contribution is 2.31. The lowest BCUT2D eigenvalue weighted by Gasteiger charge is -2.27.